The normalized spacial score (nSPS) is 43.9. The lowest BCUT2D eigenvalue weighted by molar-refractivity contribution is -0.151. The minimum absolute atomic E-state index is 0.125. The number of hydrogen-bond donors (Lipinski definition) is 0. The second-order valence-corrected chi connectivity index (χ2v) is 6.28. The van der Waals surface area contributed by atoms with Gasteiger partial charge in [0.2, 0.25) is 0 Å². The molecule has 2 aliphatic carbocycles. The number of imide groups is 1. The van der Waals surface area contributed by atoms with Gasteiger partial charge in [0, 0.05) is 18.6 Å². The Morgan fingerprint density at radius 2 is 1.79 bits per heavy atom. The first-order chi connectivity index (χ1) is 9.07. The molecule has 0 radical (unpaired) electrons. The van der Waals surface area contributed by atoms with E-state index in [0.29, 0.717) is 18.8 Å². The molecular formula is C14H15NO4. The first-order valence-corrected chi connectivity index (χ1v) is 6.84. The molecule has 19 heavy (non-hydrogen) atoms. The summed E-state index contributed by atoms with van der Waals surface area (Å²) >= 11 is 0. The van der Waals surface area contributed by atoms with Crippen LogP contribution in [-0.2, 0) is 19.1 Å². The van der Waals surface area contributed by atoms with Gasteiger partial charge in [0.15, 0.2) is 0 Å². The van der Waals surface area contributed by atoms with Gasteiger partial charge in [-0.2, -0.15) is 0 Å². The zero-order valence-electron chi connectivity index (χ0n) is 10.5. The lowest BCUT2D eigenvalue weighted by atomic mass is 9.63. The topological polar surface area (TPSA) is 63.7 Å². The molecular weight excluding hydrogens is 246 g/mol. The van der Waals surface area contributed by atoms with E-state index < -0.39 is 5.54 Å². The summed E-state index contributed by atoms with van der Waals surface area (Å²) in [5.74, 6) is -0.363. The minimum Gasteiger partial charge on any atom is -0.462 e. The number of rotatable bonds is 1. The van der Waals surface area contributed by atoms with Crippen molar-refractivity contribution in [2.45, 2.75) is 43.7 Å². The van der Waals surface area contributed by atoms with E-state index >= 15 is 0 Å². The Balaban J connectivity index is 1.77. The monoisotopic (exact) mass is 261 g/mol. The van der Waals surface area contributed by atoms with Crippen molar-refractivity contribution in [3.8, 4) is 0 Å². The molecule has 4 bridgehead atoms. The molecule has 2 saturated carbocycles. The molecule has 0 spiro atoms. The average molecular weight is 261 g/mol. The Bertz CT molecular complexity index is 508. The average Bonchev–Trinajstić information content (AvgIpc) is 2.59. The molecule has 0 aromatic heterocycles. The standard InChI is InChI=1S/C14H15NO4/c16-11-1-2-12(17)15(11)14-5-8-3-9(6-14)13(18)19-10(4-8)7-14/h1-2,8-10H,3-7H2. The van der Waals surface area contributed by atoms with Crippen LogP contribution in [0, 0.1) is 11.8 Å². The molecule has 3 heterocycles. The molecule has 5 heteroatoms. The highest BCUT2D eigenvalue weighted by molar-refractivity contribution is 6.13. The summed E-state index contributed by atoms with van der Waals surface area (Å²) < 4.78 is 5.48. The molecule has 0 aromatic carbocycles. The fourth-order valence-corrected chi connectivity index (χ4v) is 4.54. The van der Waals surface area contributed by atoms with Crippen LogP contribution in [0.25, 0.3) is 0 Å². The van der Waals surface area contributed by atoms with Gasteiger partial charge in [0.1, 0.15) is 6.10 Å². The van der Waals surface area contributed by atoms with E-state index in [0.717, 1.165) is 19.3 Å². The number of carbonyl (C=O) groups excluding carboxylic acids is 3. The Morgan fingerprint density at radius 1 is 1.05 bits per heavy atom. The van der Waals surface area contributed by atoms with Crippen LogP contribution >= 0.6 is 0 Å². The van der Waals surface area contributed by atoms with E-state index in [1.807, 2.05) is 0 Å². The lowest BCUT2D eigenvalue weighted by Gasteiger charge is -2.50. The second-order valence-electron chi connectivity index (χ2n) is 6.28. The Hall–Kier alpha value is -1.65. The summed E-state index contributed by atoms with van der Waals surface area (Å²) in [5, 5.41) is 0. The number of nitrogens with zero attached hydrogens (tertiary/aromatic N) is 1. The van der Waals surface area contributed by atoms with Crippen LogP contribution in [-0.4, -0.2) is 34.3 Å². The number of amides is 2. The van der Waals surface area contributed by atoms with Gasteiger partial charge in [0.25, 0.3) is 11.8 Å². The third kappa shape index (κ3) is 1.44. The molecule has 4 unspecified atom stereocenters. The van der Waals surface area contributed by atoms with Gasteiger partial charge < -0.3 is 4.74 Å². The first-order valence-electron chi connectivity index (χ1n) is 6.84. The third-order valence-electron chi connectivity index (χ3n) is 5.02. The van der Waals surface area contributed by atoms with Crippen LogP contribution in [0.15, 0.2) is 12.2 Å². The van der Waals surface area contributed by atoms with Gasteiger partial charge in [-0.1, -0.05) is 0 Å². The maximum absolute atomic E-state index is 12.0. The molecule has 5 aliphatic rings. The van der Waals surface area contributed by atoms with Crippen molar-refractivity contribution in [1.82, 2.24) is 4.90 Å². The fourth-order valence-electron chi connectivity index (χ4n) is 4.54. The smallest absolute Gasteiger partial charge is 0.309 e. The molecule has 4 atom stereocenters. The van der Waals surface area contributed by atoms with Crippen molar-refractivity contribution < 1.29 is 19.1 Å². The number of hydrogen-bond acceptors (Lipinski definition) is 4. The molecule has 2 amide bonds. The highest BCUT2D eigenvalue weighted by Crippen LogP contribution is 2.52. The van der Waals surface area contributed by atoms with Crippen molar-refractivity contribution in [3.05, 3.63) is 12.2 Å². The third-order valence-corrected chi connectivity index (χ3v) is 5.02. The quantitative estimate of drug-likeness (QED) is 0.517. The van der Waals surface area contributed by atoms with Gasteiger partial charge in [-0.3, -0.25) is 19.3 Å². The summed E-state index contributed by atoms with van der Waals surface area (Å²) in [5.41, 5.74) is -0.486. The highest BCUT2D eigenvalue weighted by Gasteiger charge is 2.57. The van der Waals surface area contributed by atoms with Crippen LogP contribution in [0.3, 0.4) is 0 Å². The van der Waals surface area contributed by atoms with E-state index in [-0.39, 0.29) is 29.8 Å². The SMILES string of the molecule is O=C1OC2CC3CC1CC(N1C(=O)C=CC1=O)(C3)C2. The first kappa shape index (κ1) is 11.2. The maximum atomic E-state index is 12.0. The Kier molecular flexibility index (Phi) is 2.04. The number of carbonyl (C=O) groups is 3. The van der Waals surface area contributed by atoms with E-state index in [1.54, 1.807) is 0 Å². The van der Waals surface area contributed by atoms with Crippen molar-refractivity contribution >= 4 is 17.8 Å². The van der Waals surface area contributed by atoms with Crippen molar-refractivity contribution in [2.75, 3.05) is 0 Å². The molecule has 4 fully saturated rings. The second kappa shape index (κ2) is 3.46. The Morgan fingerprint density at radius 3 is 2.53 bits per heavy atom. The molecule has 3 aliphatic heterocycles. The minimum atomic E-state index is -0.486. The molecule has 0 aromatic rings. The van der Waals surface area contributed by atoms with Gasteiger partial charge in [0.05, 0.1) is 11.5 Å². The zero-order valence-corrected chi connectivity index (χ0v) is 10.5. The molecule has 0 N–H and O–H groups in total. The number of fused-ring (bicyclic) bond motifs is 1. The number of ether oxygens (including phenoxy) is 1. The van der Waals surface area contributed by atoms with E-state index in [4.69, 9.17) is 4.74 Å². The maximum Gasteiger partial charge on any atom is 0.309 e. The van der Waals surface area contributed by atoms with E-state index in [1.165, 1.54) is 17.1 Å². The molecule has 2 saturated heterocycles. The zero-order chi connectivity index (χ0) is 13.2. The van der Waals surface area contributed by atoms with Gasteiger partial charge >= 0.3 is 5.97 Å². The summed E-state index contributed by atoms with van der Waals surface area (Å²) in [6.07, 6.45) is 6.30. The predicted octanol–water partition coefficient (Wildman–Crippen LogP) is 0.786. The van der Waals surface area contributed by atoms with Gasteiger partial charge in [-0.25, -0.2) is 0 Å². The molecule has 5 nitrogen and oxygen atoms in total. The van der Waals surface area contributed by atoms with Gasteiger partial charge in [-0.15, -0.1) is 0 Å². The van der Waals surface area contributed by atoms with Crippen molar-refractivity contribution in [2.24, 2.45) is 11.8 Å². The summed E-state index contributed by atoms with van der Waals surface area (Å²) in [7, 11) is 0. The summed E-state index contributed by atoms with van der Waals surface area (Å²) in [6, 6.07) is 0. The Labute approximate surface area is 110 Å². The van der Waals surface area contributed by atoms with Crippen LogP contribution in [0.4, 0.5) is 0 Å². The highest BCUT2D eigenvalue weighted by atomic mass is 16.5. The van der Waals surface area contributed by atoms with Crippen molar-refractivity contribution in [1.29, 1.82) is 0 Å². The number of esters is 1. The van der Waals surface area contributed by atoms with Crippen LogP contribution in [0.5, 0.6) is 0 Å². The van der Waals surface area contributed by atoms with Gasteiger partial charge in [-0.05, 0) is 31.6 Å². The van der Waals surface area contributed by atoms with Crippen molar-refractivity contribution in [3.63, 3.8) is 0 Å². The largest absolute Gasteiger partial charge is 0.462 e. The molecule has 100 valence electrons. The van der Waals surface area contributed by atoms with E-state index in [9.17, 15) is 14.4 Å². The molecule has 5 rings (SSSR count). The lowest BCUT2D eigenvalue weighted by Crippen LogP contribution is -2.58. The fraction of sp³-hybridized carbons (Fsp3) is 0.643. The van der Waals surface area contributed by atoms with Crippen LogP contribution in [0.2, 0.25) is 0 Å². The summed E-state index contributed by atoms with van der Waals surface area (Å²) in [6.45, 7) is 0. The van der Waals surface area contributed by atoms with Crippen LogP contribution < -0.4 is 0 Å². The summed E-state index contributed by atoms with van der Waals surface area (Å²) in [4.78, 5) is 37.3. The van der Waals surface area contributed by atoms with Crippen LogP contribution in [0.1, 0.15) is 32.1 Å². The van der Waals surface area contributed by atoms with E-state index in [2.05, 4.69) is 0 Å². The predicted molar refractivity (Wildman–Crippen MR) is 63.7 cm³/mol.